The van der Waals surface area contributed by atoms with Crippen LogP contribution >= 0.6 is 23.5 Å². The number of hydrogen-bond donors (Lipinski definition) is 1. The van der Waals surface area contributed by atoms with Crippen molar-refractivity contribution in [3.8, 4) is 0 Å². The quantitative estimate of drug-likeness (QED) is 0.845. The molecular formula is C18H15NO3S3. The molecule has 2 aromatic carbocycles. The molecule has 128 valence electrons. The van der Waals surface area contributed by atoms with E-state index in [9.17, 15) is 13.2 Å². The van der Waals surface area contributed by atoms with Crippen LogP contribution in [0.1, 0.15) is 0 Å². The van der Waals surface area contributed by atoms with Gasteiger partial charge in [0.2, 0.25) is 5.91 Å². The molecule has 3 rings (SSSR count). The minimum absolute atomic E-state index is 0.212. The molecule has 2 N–H and O–H groups in total. The summed E-state index contributed by atoms with van der Waals surface area (Å²) in [6.45, 7) is 0. The Morgan fingerprint density at radius 1 is 1.00 bits per heavy atom. The van der Waals surface area contributed by atoms with Gasteiger partial charge in [-0.15, -0.1) is 11.8 Å². The van der Waals surface area contributed by atoms with E-state index < -0.39 is 20.3 Å². The van der Waals surface area contributed by atoms with E-state index in [1.54, 1.807) is 41.4 Å². The second-order valence-electron chi connectivity index (χ2n) is 5.23. The van der Waals surface area contributed by atoms with Crippen molar-refractivity contribution in [3.63, 3.8) is 0 Å². The van der Waals surface area contributed by atoms with Crippen LogP contribution in [0.2, 0.25) is 0 Å². The highest BCUT2D eigenvalue weighted by Gasteiger charge is 2.28. The van der Waals surface area contributed by atoms with E-state index in [1.807, 2.05) is 30.3 Å². The topological polar surface area (TPSA) is 77.2 Å². The lowest BCUT2D eigenvalue weighted by Crippen LogP contribution is -2.21. The molecule has 0 fully saturated rings. The number of nitrogens with two attached hydrogens (primary N) is 1. The number of sulfone groups is 1. The van der Waals surface area contributed by atoms with Crippen molar-refractivity contribution in [2.75, 3.05) is 0 Å². The van der Waals surface area contributed by atoms with E-state index in [1.165, 1.54) is 12.2 Å². The van der Waals surface area contributed by atoms with Gasteiger partial charge in [0, 0.05) is 15.4 Å². The minimum Gasteiger partial charge on any atom is -0.366 e. The summed E-state index contributed by atoms with van der Waals surface area (Å²) in [6, 6.07) is 16.6. The summed E-state index contributed by atoms with van der Waals surface area (Å²) in [4.78, 5) is 13.5. The summed E-state index contributed by atoms with van der Waals surface area (Å²) in [5, 5.41) is 1.59. The van der Waals surface area contributed by atoms with Gasteiger partial charge in [0.15, 0.2) is 9.84 Å². The highest BCUT2D eigenvalue weighted by atomic mass is 32.3. The predicted molar refractivity (Wildman–Crippen MR) is 102 cm³/mol. The van der Waals surface area contributed by atoms with Gasteiger partial charge in [-0.3, -0.25) is 4.79 Å². The molecule has 0 bridgehead atoms. The highest BCUT2D eigenvalue weighted by molar-refractivity contribution is 8.15. The van der Waals surface area contributed by atoms with Crippen molar-refractivity contribution in [1.82, 2.24) is 0 Å². The second-order valence-corrected chi connectivity index (χ2v) is 9.79. The average molecular weight is 390 g/mol. The van der Waals surface area contributed by atoms with Crippen LogP contribution < -0.4 is 5.73 Å². The molecule has 0 saturated carbocycles. The molecule has 1 aliphatic rings. The maximum Gasteiger partial charge on any atom is 0.248 e. The Hall–Kier alpha value is -1.96. The van der Waals surface area contributed by atoms with Gasteiger partial charge in [0.1, 0.15) is 4.58 Å². The molecule has 1 unspecified atom stereocenters. The maximum absolute atomic E-state index is 12.8. The molecule has 0 radical (unpaired) electrons. The number of carbonyl (C=O) groups is 1. The van der Waals surface area contributed by atoms with Gasteiger partial charge in [-0.25, -0.2) is 8.42 Å². The molecule has 2 aromatic rings. The molecule has 1 heterocycles. The van der Waals surface area contributed by atoms with Crippen LogP contribution in [-0.2, 0) is 14.6 Å². The van der Waals surface area contributed by atoms with Crippen LogP contribution in [-0.4, -0.2) is 18.9 Å². The molecule has 0 aromatic heterocycles. The summed E-state index contributed by atoms with van der Waals surface area (Å²) in [7, 11) is -3.60. The molecule has 1 atom stereocenters. The lowest BCUT2D eigenvalue weighted by atomic mass is 10.2. The van der Waals surface area contributed by atoms with Crippen molar-refractivity contribution < 1.29 is 13.2 Å². The Balaban J connectivity index is 1.81. The molecule has 1 aliphatic heterocycles. The first-order valence-electron chi connectivity index (χ1n) is 7.37. The Kier molecular flexibility index (Phi) is 5.36. The minimum atomic E-state index is -3.60. The first kappa shape index (κ1) is 17.8. The van der Waals surface area contributed by atoms with Gasteiger partial charge in [-0.2, -0.15) is 0 Å². The molecule has 1 amide bonds. The third kappa shape index (κ3) is 4.18. The van der Waals surface area contributed by atoms with Gasteiger partial charge < -0.3 is 5.73 Å². The number of rotatable bonds is 5. The van der Waals surface area contributed by atoms with E-state index in [0.29, 0.717) is 0 Å². The summed E-state index contributed by atoms with van der Waals surface area (Å²) >= 11 is 2.70. The van der Waals surface area contributed by atoms with Crippen molar-refractivity contribution in [1.29, 1.82) is 0 Å². The molecule has 7 heteroatoms. The number of amides is 1. The van der Waals surface area contributed by atoms with Crippen LogP contribution in [0.4, 0.5) is 0 Å². The molecule has 0 spiro atoms. The van der Waals surface area contributed by atoms with Gasteiger partial charge in [-0.05, 0) is 54.0 Å². The first-order chi connectivity index (χ1) is 12.0. The predicted octanol–water partition coefficient (Wildman–Crippen LogP) is 3.61. The Labute approximate surface area is 155 Å². The van der Waals surface area contributed by atoms with Crippen molar-refractivity contribution in [2.24, 2.45) is 5.73 Å². The largest absolute Gasteiger partial charge is 0.366 e. The zero-order chi connectivity index (χ0) is 17.9. The molecule has 4 nitrogen and oxygen atoms in total. The molecule has 0 saturated heterocycles. The van der Waals surface area contributed by atoms with Crippen LogP contribution in [0.5, 0.6) is 0 Å². The van der Waals surface area contributed by atoms with Gasteiger partial charge in [0.25, 0.3) is 0 Å². The van der Waals surface area contributed by atoms with Gasteiger partial charge in [-0.1, -0.05) is 30.0 Å². The van der Waals surface area contributed by atoms with E-state index in [0.717, 1.165) is 21.6 Å². The third-order valence-corrected chi connectivity index (χ3v) is 7.98. The van der Waals surface area contributed by atoms with E-state index in [-0.39, 0.29) is 10.5 Å². The fourth-order valence-electron chi connectivity index (χ4n) is 2.21. The summed E-state index contributed by atoms with van der Waals surface area (Å²) in [5.41, 5.74) is 5.45. The zero-order valence-corrected chi connectivity index (χ0v) is 15.5. The number of thioether (sulfide) groups is 1. The first-order valence-corrected chi connectivity index (χ1v) is 10.7. The standard InChI is InChI=1S/C18H15NO3S3/c19-18(20)13-10-11-23-17(12-13)25(21,22)16-8-6-15(7-9-16)24-14-4-2-1-3-5-14/h1-12,17H,(H2,19,20). The third-order valence-electron chi connectivity index (χ3n) is 3.50. The second kappa shape index (κ2) is 7.51. The van der Waals surface area contributed by atoms with Crippen LogP contribution in [0.15, 0.2) is 92.4 Å². The number of primary amides is 1. The fraction of sp³-hybridized carbons (Fsp3) is 0.0556. The number of benzene rings is 2. The average Bonchev–Trinajstić information content (AvgIpc) is 2.63. The van der Waals surface area contributed by atoms with E-state index in [2.05, 4.69) is 0 Å². The van der Waals surface area contributed by atoms with E-state index in [4.69, 9.17) is 5.73 Å². The lowest BCUT2D eigenvalue weighted by molar-refractivity contribution is -0.114. The summed E-state index contributed by atoms with van der Waals surface area (Å²) < 4.78 is 24.7. The number of carbonyl (C=O) groups excluding carboxylic acids is 1. The molecular weight excluding hydrogens is 374 g/mol. The highest BCUT2D eigenvalue weighted by Crippen LogP contribution is 2.33. The Bertz CT molecular complexity index is 933. The fourth-order valence-corrected chi connectivity index (χ4v) is 5.88. The Morgan fingerprint density at radius 3 is 2.28 bits per heavy atom. The molecule has 25 heavy (non-hydrogen) atoms. The van der Waals surface area contributed by atoms with Crippen molar-refractivity contribution >= 4 is 39.3 Å². The van der Waals surface area contributed by atoms with Crippen LogP contribution in [0, 0.1) is 0 Å². The van der Waals surface area contributed by atoms with Crippen LogP contribution in [0.25, 0.3) is 0 Å². The van der Waals surface area contributed by atoms with Crippen molar-refractivity contribution in [3.05, 3.63) is 77.7 Å². The monoisotopic (exact) mass is 389 g/mol. The maximum atomic E-state index is 12.8. The molecule has 0 aliphatic carbocycles. The summed E-state index contributed by atoms with van der Waals surface area (Å²) in [5.74, 6) is -0.633. The number of hydrogen-bond acceptors (Lipinski definition) is 5. The van der Waals surface area contributed by atoms with Gasteiger partial charge >= 0.3 is 0 Å². The summed E-state index contributed by atoms with van der Waals surface area (Å²) in [6.07, 6.45) is 2.92. The SMILES string of the molecule is NC(=O)C1=CC(S(=O)(=O)c2ccc(Sc3ccccc3)cc2)SC=C1. The van der Waals surface area contributed by atoms with Gasteiger partial charge in [0.05, 0.1) is 4.90 Å². The van der Waals surface area contributed by atoms with E-state index >= 15 is 0 Å². The van der Waals surface area contributed by atoms with Crippen LogP contribution in [0.3, 0.4) is 0 Å². The normalized spacial score (nSPS) is 17.1. The smallest absolute Gasteiger partial charge is 0.248 e. The van der Waals surface area contributed by atoms with Crippen molar-refractivity contribution in [2.45, 2.75) is 19.3 Å². The lowest BCUT2D eigenvalue weighted by Gasteiger charge is -2.16. The zero-order valence-electron chi connectivity index (χ0n) is 13.0. The Morgan fingerprint density at radius 2 is 1.64 bits per heavy atom.